The van der Waals surface area contributed by atoms with E-state index in [2.05, 4.69) is 24.2 Å². The van der Waals surface area contributed by atoms with Gasteiger partial charge in [-0.1, -0.05) is 24.2 Å². The molecule has 0 saturated heterocycles. The van der Waals surface area contributed by atoms with Crippen LogP contribution in [0.3, 0.4) is 0 Å². The van der Waals surface area contributed by atoms with Gasteiger partial charge in [-0.2, -0.15) is 0 Å². The molecule has 0 heterocycles. The Balaban J connectivity index is 2.28. The Hall–Kier alpha value is -1.06. The van der Waals surface area contributed by atoms with Crippen LogP contribution in [0.1, 0.15) is 27.2 Å². The number of fused-ring (bicyclic) bond motifs is 1. The molecule has 2 N–H and O–H groups in total. The summed E-state index contributed by atoms with van der Waals surface area (Å²) in [5.41, 5.74) is 1.75. The van der Waals surface area contributed by atoms with Crippen molar-refractivity contribution in [3.63, 3.8) is 0 Å². The van der Waals surface area contributed by atoms with E-state index >= 15 is 0 Å². The van der Waals surface area contributed by atoms with Crippen molar-refractivity contribution in [1.29, 1.82) is 0 Å². The minimum atomic E-state index is 0.0463. The maximum absolute atomic E-state index is 8.84. The molecule has 2 saturated carbocycles. The van der Waals surface area contributed by atoms with Crippen molar-refractivity contribution < 1.29 is 10.4 Å². The summed E-state index contributed by atoms with van der Waals surface area (Å²) in [5, 5.41) is 24.2. The fraction of sp³-hybridized carbons (Fsp3) is 0.800. The molecule has 0 aromatic rings. The van der Waals surface area contributed by atoms with Crippen LogP contribution >= 0.6 is 0 Å². The topological polar surface area (TPSA) is 65.2 Å². The van der Waals surface area contributed by atoms with E-state index < -0.39 is 0 Å². The van der Waals surface area contributed by atoms with Gasteiger partial charge in [-0.15, -0.1) is 0 Å². The maximum atomic E-state index is 8.84. The zero-order valence-corrected chi connectivity index (χ0v) is 8.73. The van der Waals surface area contributed by atoms with E-state index in [4.69, 9.17) is 10.4 Å². The Labute approximate surface area is 83.3 Å². The Morgan fingerprint density at radius 3 is 2.57 bits per heavy atom. The summed E-state index contributed by atoms with van der Waals surface area (Å²) < 4.78 is 0. The second kappa shape index (κ2) is 2.72. The molecule has 2 aliphatic rings. The van der Waals surface area contributed by atoms with Crippen LogP contribution in [0.25, 0.3) is 0 Å². The highest BCUT2D eigenvalue weighted by atomic mass is 16.4. The van der Waals surface area contributed by atoms with Gasteiger partial charge in [0.15, 0.2) is 0 Å². The van der Waals surface area contributed by atoms with Crippen molar-refractivity contribution >= 4 is 11.4 Å². The van der Waals surface area contributed by atoms with Crippen molar-refractivity contribution in [1.82, 2.24) is 0 Å². The van der Waals surface area contributed by atoms with Gasteiger partial charge in [0, 0.05) is 5.92 Å². The summed E-state index contributed by atoms with van der Waals surface area (Å²) in [7, 11) is 0. The minimum Gasteiger partial charge on any atom is -0.411 e. The van der Waals surface area contributed by atoms with E-state index in [0.29, 0.717) is 23.0 Å². The molecule has 0 unspecified atom stereocenters. The van der Waals surface area contributed by atoms with Crippen LogP contribution < -0.4 is 0 Å². The zero-order chi connectivity index (χ0) is 10.5. The molecule has 3 atom stereocenters. The summed E-state index contributed by atoms with van der Waals surface area (Å²) in [5.74, 6) is 1.13. The monoisotopic (exact) mass is 196 g/mol. The first-order valence-electron chi connectivity index (χ1n) is 4.93. The lowest BCUT2D eigenvalue weighted by atomic mass is 9.88. The van der Waals surface area contributed by atoms with Gasteiger partial charge >= 0.3 is 0 Å². The Morgan fingerprint density at radius 1 is 1.43 bits per heavy atom. The van der Waals surface area contributed by atoms with E-state index in [9.17, 15) is 0 Å². The van der Waals surface area contributed by atoms with Crippen molar-refractivity contribution in [3.8, 4) is 0 Å². The van der Waals surface area contributed by atoms with E-state index in [1.54, 1.807) is 6.92 Å². The lowest BCUT2D eigenvalue weighted by Gasteiger charge is -2.17. The first-order valence-corrected chi connectivity index (χ1v) is 4.93. The lowest BCUT2D eigenvalue weighted by Crippen LogP contribution is -2.24. The van der Waals surface area contributed by atoms with Gasteiger partial charge in [-0.25, -0.2) is 0 Å². The standard InChI is InChI=1S/C10H16N2O2/c1-5(11-13)8-7(12-14)4-6-9(8)10(6,2)3/h6,8-9,13-14H,4H2,1-3H3/b11-5-,12-7-/t6-,8+,9-/m0/s1. The fourth-order valence-corrected chi connectivity index (χ4v) is 3.06. The molecule has 0 bridgehead atoms. The largest absolute Gasteiger partial charge is 0.411 e. The summed E-state index contributed by atoms with van der Waals surface area (Å²) in [6, 6.07) is 0. The summed E-state index contributed by atoms with van der Waals surface area (Å²) in [6.07, 6.45) is 0.839. The Kier molecular flexibility index (Phi) is 1.84. The van der Waals surface area contributed by atoms with Gasteiger partial charge in [-0.05, 0) is 30.6 Å². The van der Waals surface area contributed by atoms with Crippen LogP contribution in [-0.4, -0.2) is 21.8 Å². The van der Waals surface area contributed by atoms with Crippen molar-refractivity contribution in [2.24, 2.45) is 33.5 Å². The molecule has 4 nitrogen and oxygen atoms in total. The molecule has 0 aromatic carbocycles. The molecule has 2 fully saturated rings. The lowest BCUT2D eigenvalue weighted by molar-refractivity contribution is 0.308. The third-order valence-electron chi connectivity index (χ3n) is 4.02. The smallest absolute Gasteiger partial charge is 0.0665 e. The number of hydrogen-bond acceptors (Lipinski definition) is 4. The molecular formula is C10H16N2O2. The van der Waals surface area contributed by atoms with Crippen LogP contribution in [0.5, 0.6) is 0 Å². The van der Waals surface area contributed by atoms with Gasteiger partial charge in [0.2, 0.25) is 0 Å². The van der Waals surface area contributed by atoms with Gasteiger partial charge in [0.1, 0.15) is 0 Å². The van der Waals surface area contributed by atoms with Crippen LogP contribution in [-0.2, 0) is 0 Å². The average Bonchev–Trinajstić information content (AvgIpc) is 2.57. The molecule has 2 aliphatic carbocycles. The van der Waals surface area contributed by atoms with Crippen molar-refractivity contribution in [2.45, 2.75) is 27.2 Å². The van der Waals surface area contributed by atoms with E-state index in [1.165, 1.54) is 0 Å². The fourth-order valence-electron chi connectivity index (χ4n) is 3.06. The predicted molar refractivity (Wildman–Crippen MR) is 53.0 cm³/mol. The first kappa shape index (κ1) is 9.49. The molecule has 0 radical (unpaired) electrons. The SMILES string of the molecule is C/C(=N/O)[C@@H]1/C(=N\O)C[C@H]2[C@@H]1C2(C)C. The number of nitrogens with zero attached hydrogens (tertiary/aromatic N) is 2. The molecule has 0 spiro atoms. The van der Waals surface area contributed by atoms with Crippen LogP contribution in [0.2, 0.25) is 0 Å². The first-order chi connectivity index (χ1) is 6.54. The van der Waals surface area contributed by atoms with Crippen molar-refractivity contribution in [2.75, 3.05) is 0 Å². The zero-order valence-electron chi connectivity index (χ0n) is 8.73. The molecular weight excluding hydrogens is 180 g/mol. The number of oxime groups is 2. The van der Waals surface area contributed by atoms with E-state index in [-0.39, 0.29) is 5.92 Å². The molecule has 14 heavy (non-hydrogen) atoms. The number of hydrogen-bond donors (Lipinski definition) is 2. The predicted octanol–water partition coefficient (Wildman–Crippen LogP) is 1.96. The summed E-state index contributed by atoms with van der Waals surface area (Å²) in [6.45, 7) is 6.22. The van der Waals surface area contributed by atoms with E-state index in [0.717, 1.165) is 12.1 Å². The molecule has 78 valence electrons. The second-order valence-corrected chi connectivity index (χ2v) is 4.97. The highest BCUT2D eigenvalue weighted by molar-refractivity contribution is 6.09. The Morgan fingerprint density at radius 2 is 2.07 bits per heavy atom. The number of rotatable bonds is 1. The molecule has 0 aliphatic heterocycles. The Bertz CT molecular complexity index is 320. The third-order valence-corrected chi connectivity index (χ3v) is 4.02. The summed E-state index contributed by atoms with van der Waals surface area (Å²) in [4.78, 5) is 0. The van der Waals surface area contributed by atoms with Gasteiger partial charge in [-0.3, -0.25) is 0 Å². The molecule has 0 aromatic heterocycles. The maximum Gasteiger partial charge on any atom is 0.0665 e. The van der Waals surface area contributed by atoms with Gasteiger partial charge < -0.3 is 10.4 Å². The van der Waals surface area contributed by atoms with Crippen LogP contribution in [0.4, 0.5) is 0 Å². The quantitative estimate of drug-likeness (QED) is 0.382. The molecule has 0 amide bonds. The van der Waals surface area contributed by atoms with Crippen LogP contribution in [0.15, 0.2) is 10.3 Å². The third kappa shape index (κ3) is 0.996. The average molecular weight is 196 g/mol. The molecule has 2 rings (SSSR count). The van der Waals surface area contributed by atoms with Crippen LogP contribution in [0, 0.1) is 23.2 Å². The van der Waals surface area contributed by atoms with E-state index in [1.807, 2.05) is 0 Å². The van der Waals surface area contributed by atoms with Gasteiger partial charge in [0.25, 0.3) is 0 Å². The second-order valence-electron chi connectivity index (χ2n) is 4.97. The highest BCUT2D eigenvalue weighted by Crippen LogP contribution is 2.68. The molecule has 4 heteroatoms. The van der Waals surface area contributed by atoms with Gasteiger partial charge in [0.05, 0.1) is 11.4 Å². The normalized spacial score (nSPS) is 42.6. The minimum absolute atomic E-state index is 0.0463. The van der Waals surface area contributed by atoms with Crippen molar-refractivity contribution in [3.05, 3.63) is 0 Å². The summed E-state index contributed by atoms with van der Waals surface area (Å²) >= 11 is 0. The highest BCUT2D eigenvalue weighted by Gasteiger charge is 2.67.